The van der Waals surface area contributed by atoms with Crippen molar-refractivity contribution in [3.05, 3.63) is 138 Å². The van der Waals surface area contributed by atoms with Gasteiger partial charge in [0.2, 0.25) is 11.9 Å². The fourth-order valence-corrected chi connectivity index (χ4v) is 5.84. The highest BCUT2D eigenvalue weighted by Crippen LogP contribution is 2.22. The smallest absolute Gasteiger partial charge is 0.326 e. The van der Waals surface area contributed by atoms with Crippen LogP contribution in [0.2, 0.25) is 5.15 Å². The zero-order valence-corrected chi connectivity index (χ0v) is 36.5. The number of nitrogens with zero attached hydrogens (tertiary/aromatic N) is 6. The molecule has 0 unspecified atom stereocenters. The van der Waals surface area contributed by atoms with Gasteiger partial charge in [-0.25, -0.2) is 24.5 Å². The Bertz CT molecular complexity index is 2200. The summed E-state index contributed by atoms with van der Waals surface area (Å²) in [6.45, 7) is 7.35. The number of hydrogen-bond donors (Lipinski definition) is 6. The Hall–Kier alpha value is -6.45. The maximum atomic E-state index is 12.4. The molecule has 4 aromatic carbocycles. The molecule has 6 aromatic rings. The van der Waals surface area contributed by atoms with Crippen LogP contribution in [0.3, 0.4) is 0 Å². The number of rotatable bonds is 14. The number of urea groups is 2. The number of aryl methyl sites for hydroxylation is 2. The van der Waals surface area contributed by atoms with Gasteiger partial charge in [0.25, 0.3) is 0 Å². The van der Waals surface area contributed by atoms with Crippen LogP contribution < -0.4 is 32.3 Å². The van der Waals surface area contributed by atoms with Crippen molar-refractivity contribution in [2.45, 2.75) is 26.7 Å². The summed E-state index contributed by atoms with van der Waals surface area (Å²) in [6, 6.07) is 38.1. The number of anilines is 5. The molecule has 6 rings (SSSR count). The number of nitrogens with one attached hydrogen (secondary N) is 5. The summed E-state index contributed by atoms with van der Waals surface area (Å²) in [5.74, 6) is 1.13. The maximum Gasteiger partial charge on any atom is 0.326 e. The molecule has 0 bridgehead atoms. The summed E-state index contributed by atoms with van der Waals surface area (Å²) in [7, 11) is 8.20. The lowest BCUT2D eigenvalue weighted by atomic mass is 10.1. The van der Waals surface area contributed by atoms with Crippen molar-refractivity contribution in [2.24, 2.45) is 5.73 Å². The lowest BCUT2D eigenvalue weighted by Crippen LogP contribution is -2.21. The third kappa shape index (κ3) is 18.1. The topological polar surface area (TPSA) is 178 Å². The first kappa shape index (κ1) is 47.2. The second kappa shape index (κ2) is 25.2. The molecule has 0 aliphatic rings. The lowest BCUT2D eigenvalue weighted by molar-refractivity contribution is 0.261. The van der Waals surface area contributed by atoms with Crippen LogP contribution in [-0.2, 0) is 0 Å². The zero-order valence-electron chi connectivity index (χ0n) is 35.7. The Morgan fingerprint density at radius 3 is 1.41 bits per heavy atom. The molecule has 0 aliphatic heterocycles. The molecule has 0 saturated carbocycles. The van der Waals surface area contributed by atoms with Gasteiger partial charge in [-0.05, 0) is 127 Å². The van der Waals surface area contributed by atoms with E-state index in [1.54, 1.807) is 13.0 Å². The van der Waals surface area contributed by atoms with E-state index in [4.69, 9.17) is 17.3 Å². The van der Waals surface area contributed by atoms with Gasteiger partial charge in [0.15, 0.2) is 0 Å². The van der Waals surface area contributed by atoms with Crippen molar-refractivity contribution < 1.29 is 9.59 Å². The zero-order chi connectivity index (χ0) is 44.0. The average Bonchev–Trinajstić information content (AvgIpc) is 3.22. The summed E-state index contributed by atoms with van der Waals surface area (Å²) < 4.78 is 0. The van der Waals surface area contributed by atoms with Gasteiger partial charge in [-0.3, -0.25) is 10.6 Å². The van der Waals surface area contributed by atoms with Crippen LogP contribution in [0.4, 0.5) is 38.7 Å². The predicted molar refractivity (Wildman–Crippen MR) is 251 cm³/mol. The molecule has 61 heavy (non-hydrogen) atoms. The van der Waals surface area contributed by atoms with E-state index in [2.05, 4.69) is 82.5 Å². The Morgan fingerprint density at radius 1 is 0.557 bits per heavy atom. The molecule has 7 N–H and O–H groups in total. The minimum Gasteiger partial charge on any atom is -0.370 e. The first-order valence-electron chi connectivity index (χ1n) is 19.9. The maximum absolute atomic E-state index is 12.4. The van der Waals surface area contributed by atoms with Crippen molar-refractivity contribution in [3.8, 4) is 22.3 Å². The van der Waals surface area contributed by atoms with Crippen LogP contribution in [-0.4, -0.2) is 96.2 Å². The van der Waals surface area contributed by atoms with Gasteiger partial charge in [0.05, 0.1) is 0 Å². The number of aromatic nitrogens is 4. The van der Waals surface area contributed by atoms with Crippen molar-refractivity contribution in [2.75, 3.05) is 81.0 Å². The van der Waals surface area contributed by atoms with E-state index in [0.29, 0.717) is 22.9 Å². The lowest BCUT2D eigenvalue weighted by Gasteiger charge is -2.12. The number of benzene rings is 4. The molecule has 0 spiro atoms. The summed E-state index contributed by atoms with van der Waals surface area (Å²) in [5, 5.41) is 14.4. The highest BCUT2D eigenvalue weighted by molar-refractivity contribution is 6.29. The molecule has 2 aromatic heterocycles. The van der Waals surface area contributed by atoms with E-state index in [9.17, 15) is 9.59 Å². The normalized spacial score (nSPS) is 10.5. The quantitative estimate of drug-likeness (QED) is 0.0458. The van der Waals surface area contributed by atoms with Crippen LogP contribution in [0.5, 0.6) is 0 Å². The van der Waals surface area contributed by atoms with Crippen LogP contribution in [0.1, 0.15) is 24.2 Å². The SMILES string of the molecule is CN(C)CCCN.Cc1cc(Cl)nc(NC(=O)Nc2ccc(-c3ccccc3)cc2)n1.Cc1cc(NCCCN(C)C)nc(NC(=O)Nc2ccc(-c3ccccc3)cc2)n1. The molecular weight excluding hydrogens is 788 g/mol. The summed E-state index contributed by atoms with van der Waals surface area (Å²) in [5.41, 5.74) is 12.5. The van der Waals surface area contributed by atoms with E-state index in [0.717, 1.165) is 67.0 Å². The van der Waals surface area contributed by atoms with E-state index in [1.807, 2.05) is 124 Å². The van der Waals surface area contributed by atoms with Crippen LogP contribution in [0.15, 0.2) is 121 Å². The average molecular weight is 845 g/mol. The van der Waals surface area contributed by atoms with Crippen molar-refractivity contribution in [1.29, 1.82) is 0 Å². The van der Waals surface area contributed by atoms with Gasteiger partial charge in [-0.15, -0.1) is 0 Å². The highest BCUT2D eigenvalue weighted by atomic mass is 35.5. The standard InChI is InChI=1S/C23H28N6O.C18H15ClN4O.C5H14N2/c1-17-16-21(24-14-7-15-29(2)3)27-22(25-17)28-23(30)26-20-12-10-19(11-13-20)18-8-5-4-6-9-18;1-12-11-16(19)22-17(20-12)23-18(24)21-15-9-7-14(8-10-15)13-5-3-2-4-6-13;1-7(2)5-3-4-6/h4-6,8-13,16H,7,14-15H2,1-3H3,(H3,24,25,26,27,28,30);2-11H,1H3,(H2,20,21,22,23,24);3-6H2,1-2H3. The fraction of sp³-hybridized carbons (Fsp3) is 0.261. The fourth-order valence-electron chi connectivity index (χ4n) is 5.60. The number of halogens is 1. The van der Waals surface area contributed by atoms with Crippen LogP contribution in [0, 0.1) is 13.8 Å². The third-order valence-corrected chi connectivity index (χ3v) is 8.72. The predicted octanol–water partition coefficient (Wildman–Crippen LogP) is 9.11. The van der Waals surface area contributed by atoms with Crippen molar-refractivity contribution >= 4 is 52.8 Å². The summed E-state index contributed by atoms with van der Waals surface area (Å²) >= 11 is 5.85. The number of carbonyl (C=O) groups excluding carboxylic acids is 2. The van der Waals surface area contributed by atoms with E-state index in [-0.39, 0.29) is 23.1 Å². The van der Waals surface area contributed by atoms with Crippen molar-refractivity contribution in [1.82, 2.24) is 29.7 Å². The Labute approximate surface area is 364 Å². The molecule has 0 saturated heterocycles. The number of hydrogen-bond acceptors (Lipinski definition) is 10. The monoisotopic (exact) mass is 844 g/mol. The molecule has 320 valence electrons. The summed E-state index contributed by atoms with van der Waals surface area (Å²) in [6.07, 6.45) is 2.10. The first-order chi connectivity index (χ1) is 29.4. The number of amides is 4. The number of carbonyl (C=O) groups is 2. The van der Waals surface area contributed by atoms with Gasteiger partial charge in [0, 0.05) is 35.4 Å². The largest absolute Gasteiger partial charge is 0.370 e. The van der Waals surface area contributed by atoms with E-state index in [1.165, 1.54) is 0 Å². The van der Waals surface area contributed by atoms with Gasteiger partial charge in [-0.1, -0.05) is 96.5 Å². The van der Waals surface area contributed by atoms with E-state index >= 15 is 0 Å². The van der Waals surface area contributed by atoms with Crippen molar-refractivity contribution in [3.63, 3.8) is 0 Å². The molecule has 0 fully saturated rings. The Balaban J connectivity index is 0.000000236. The highest BCUT2D eigenvalue weighted by Gasteiger charge is 2.09. The second-order valence-corrected chi connectivity index (χ2v) is 14.8. The summed E-state index contributed by atoms with van der Waals surface area (Å²) in [4.78, 5) is 45.4. The Kier molecular flexibility index (Phi) is 19.5. The molecule has 2 heterocycles. The van der Waals surface area contributed by atoms with Gasteiger partial charge in [0.1, 0.15) is 11.0 Å². The Morgan fingerprint density at radius 2 is 0.984 bits per heavy atom. The third-order valence-electron chi connectivity index (χ3n) is 8.53. The molecule has 0 atom stereocenters. The molecule has 0 radical (unpaired) electrons. The number of nitrogens with two attached hydrogens (primary N) is 1. The van der Waals surface area contributed by atoms with Crippen LogP contribution >= 0.6 is 11.6 Å². The first-order valence-corrected chi connectivity index (χ1v) is 20.3. The molecular formula is C46H57ClN12O2. The molecule has 14 nitrogen and oxygen atoms in total. The second-order valence-electron chi connectivity index (χ2n) is 14.4. The van der Waals surface area contributed by atoms with Gasteiger partial charge >= 0.3 is 12.1 Å². The molecule has 0 aliphatic carbocycles. The van der Waals surface area contributed by atoms with Gasteiger partial charge in [-0.2, -0.15) is 4.98 Å². The van der Waals surface area contributed by atoms with Crippen LogP contribution in [0.25, 0.3) is 22.3 Å². The van der Waals surface area contributed by atoms with Gasteiger partial charge < -0.3 is 31.5 Å². The molecule has 4 amide bonds. The minimum absolute atomic E-state index is 0.165. The van der Waals surface area contributed by atoms with E-state index < -0.39 is 6.03 Å². The minimum atomic E-state index is -0.427. The molecule has 15 heteroatoms.